The Morgan fingerprint density at radius 2 is 1.48 bits per heavy atom. The van der Waals surface area contributed by atoms with E-state index in [2.05, 4.69) is 66.9 Å². The number of nitrogens with zero attached hydrogens (tertiary/aromatic N) is 1. The molecule has 0 saturated carbocycles. The quantitative estimate of drug-likeness (QED) is 0.592. The molecule has 3 aromatic rings. The minimum Gasteiger partial charge on any atom is -0.347 e. The number of para-hydroxylation sites is 2. The van der Waals surface area contributed by atoms with Gasteiger partial charge in [0, 0.05) is 34.6 Å². The van der Waals surface area contributed by atoms with E-state index in [1.54, 1.807) is 0 Å². The third-order valence-electron chi connectivity index (χ3n) is 5.24. The predicted octanol–water partition coefficient (Wildman–Crippen LogP) is 5.51. The van der Waals surface area contributed by atoms with Crippen LogP contribution in [0.1, 0.15) is 39.5 Å². The second-order valence-electron chi connectivity index (χ2n) is 7.11. The minimum absolute atomic E-state index is 0.109. The van der Waals surface area contributed by atoms with Crippen LogP contribution < -0.4 is 0 Å². The molecule has 2 aromatic carbocycles. The van der Waals surface area contributed by atoms with Gasteiger partial charge < -0.3 is 14.0 Å². The van der Waals surface area contributed by atoms with Crippen molar-refractivity contribution in [3.8, 4) is 0 Å². The van der Waals surface area contributed by atoms with Gasteiger partial charge in [-0.05, 0) is 12.1 Å². The van der Waals surface area contributed by atoms with E-state index in [4.69, 9.17) is 9.47 Å². The van der Waals surface area contributed by atoms with Crippen molar-refractivity contribution in [2.24, 2.45) is 0 Å². The molecule has 4 rings (SSSR count). The number of benzene rings is 2. The first-order chi connectivity index (χ1) is 12.3. The van der Waals surface area contributed by atoms with E-state index < -0.39 is 0 Å². The zero-order valence-electron chi connectivity index (χ0n) is 15.2. The lowest BCUT2D eigenvalue weighted by molar-refractivity contribution is -0.178. The van der Waals surface area contributed by atoms with Crippen molar-refractivity contribution in [2.75, 3.05) is 6.61 Å². The Labute approximate surface area is 149 Å². The van der Waals surface area contributed by atoms with Crippen molar-refractivity contribution in [3.63, 3.8) is 0 Å². The molecule has 2 heterocycles. The molecule has 3 heteroatoms. The van der Waals surface area contributed by atoms with Gasteiger partial charge in [-0.3, -0.25) is 0 Å². The monoisotopic (exact) mass is 337 g/mol. The van der Waals surface area contributed by atoms with Crippen LogP contribution in [-0.4, -0.2) is 23.1 Å². The summed E-state index contributed by atoms with van der Waals surface area (Å²) in [7, 11) is 0. The molecule has 1 fully saturated rings. The zero-order chi connectivity index (χ0) is 17.3. The van der Waals surface area contributed by atoms with Crippen LogP contribution in [-0.2, 0) is 16.0 Å². The Hall–Kier alpha value is -1.84. The molecule has 25 heavy (non-hydrogen) atoms. The number of hydrogen-bond donors (Lipinski definition) is 0. The molecule has 0 spiro atoms. The van der Waals surface area contributed by atoms with Crippen LogP contribution in [0.3, 0.4) is 0 Å². The van der Waals surface area contributed by atoms with Crippen molar-refractivity contribution in [1.82, 2.24) is 4.57 Å². The molecule has 0 N–H and O–H groups in total. The molecular formula is C22H27NO2. The third kappa shape index (κ3) is 2.96. The maximum Gasteiger partial charge on any atom is 0.168 e. The summed E-state index contributed by atoms with van der Waals surface area (Å²) in [6, 6.07) is 17.3. The van der Waals surface area contributed by atoms with Crippen LogP contribution in [0.15, 0.2) is 48.5 Å². The Kier molecular flexibility index (Phi) is 4.53. The minimum atomic E-state index is -0.368. The molecule has 0 radical (unpaired) electrons. The molecule has 0 bridgehead atoms. The summed E-state index contributed by atoms with van der Waals surface area (Å²) < 4.78 is 15.0. The molecule has 1 aliphatic heterocycles. The third-order valence-corrected chi connectivity index (χ3v) is 5.24. The first-order valence-electron chi connectivity index (χ1n) is 9.54. The second-order valence-corrected chi connectivity index (χ2v) is 7.11. The SMILES string of the molecule is CCCC1(CCC)OC[C@@H](Cn2c3ccccc3c3ccccc32)O1. The van der Waals surface area contributed by atoms with Crippen LogP contribution in [0.5, 0.6) is 0 Å². The van der Waals surface area contributed by atoms with Gasteiger partial charge in [0.1, 0.15) is 6.10 Å². The van der Waals surface area contributed by atoms with Crippen molar-refractivity contribution in [1.29, 1.82) is 0 Å². The van der Waals surface area contributed by atoms with Crippen LogP contribution in [0.25, 0.3) is 21.8 Å². The normalized spacial score (nSPS) is 19.8. The lowest BCUT2D eigenvalue weighted by Crippen LogP contribution is -2.31. The largest absolute Gasteiger partial charge is 0.347 e. The van der Waals surface area contributed by atoms with Crippen LogP contribution in [0.2, 0.25) is 0 Å². The lowest BCUT2D eigenvalue weighted by Gasteiger charge is -2.27. The summed E-state index contributed by atoms with van der Waals surface area (Å²) >= 11 is 0. The van der Waals surface area contributed by atoms with E-state index in [1.165, 1.54) is 21.8 Å². The first kappa shape index (κ1) is 16.6. The Morgan fingerprint density at radius 1 is 0.920 bits per heavy atom. The number of aromatic nitrogens is 1. The maximum absolute atomic E-state index is 6.46. The van der Waals surface area contributed by atoms with Gasteiger partial charge in [0.2, 0.25) is 0 Å². The molecule has 0 unspecified atom stereocenters. The van der Waals surface area contributed by atoms with E-state index in [9.17, 15) is 0 Å². The second kappa shape index (κ2) is 6.81. The summed E-state index contributed by atoms with van der Waals surface area (Å²) in [5.74, 6) is -0.368. The summed E-state index contributed by atoms with van der Waals surface area (Å²) in [6.45, 7) is 5.92. The van der Waals surface area contributed by atoms with Crippen molar-refractivity contribution in [3.05, 3.63) is 48.5 Å². The number of ether oxygens (including phenoxy) is 2. The fraction of sp³-hybridized carbons (Fsp3) is 0.455. The summed E-state index contributed by atoms with van der Waals surface area (Å²) in [5, 5.41) is 2.62. The highest BCUT2D eigenvalue weighted by Crippen LogP contribution is 2.35. The van der Waals surface area contributed by atoms with Gasteiger partial charge >= 0.3 is 0 Å². The topological polar surface area (TPSA) is 23.4 Å². The van der Waals surface area contributed by atoms with Gasteiger partial charge in [0.25, 0.3) is 0 Å². The van der Waals surface area contributed by atoms with Crippen molar-refractivity contribution >= 4 is 21.8 Å². The molecule has 0 amide bonds. The fourth-order valence-electron chi connectivity index (χ4n) is 4.26. The molecule has 1 saturated heterocycles. The molecule has 0 aliphatic carbocycles. The summed E-state index contributed by atoms with van der Waals surface area (Å²) in [6.07, 6.45) is 4.23. The van der Waals surface area contributed by atoms with E-state index in [0.29, 0.717) is 6.61 Å². The summed E-state index contributed by atoms with van der Waals surface area (Å²) in [5.41, 5.74) is 2.55. The first-order valence-corrected chi connectivity index (χ1v) is 9.54. The maximum atomic E-state index is 6.46. The van der Waals surface area contributed by atoms with E-state index >= 15 is 0 Å². The van der Waals surface area contributed by atoms with Crippen LogP contribution in [0.4, 0.5) is 0 Å². The van der Waals surface area contributed by atoms with Gasteiger partial charge in [-0.1, -0.05) is 63.1 Å². The molecule has 1 aromatic heterocycles. The number of hydrogen-bond acceptors (Lipinski definition) is 2. The van der Waals surface area contributed by atoms with Gasteiger partial charge in [-0.15, -0.1) is 0 Å². The zero-order valence-corrected chi connectivity index (χ0v) is 15.2. The lowest BCUT2D eigenvalue weighted by atomic mass is 10.1. The van der Waals surface area contributed by atoms with Crippen molar-refractivity contribution in [2.45, 2.75) is 58.0 Å². The highest BCUT2D eigenvalue weighted by atomic mass is 16.7. The average Bonchev–Trinajstić information content (AvgIpc) is 3.17. The summed E-state index contributed by atoms with van der Waals surface area (Å²) in [4.78, 5) is 0. The Bertz CT molecular complexity index is 807. The molecular weight excluding hydrogens is 310 g/mol. The van der Waals surface area contributed by atoms with Gasteiger partial charge in [-0.25, -0.2) is 0 Å². The van der Waals surface area contributed by atoms with E-state index in [1.807, 2.05) is 0 Å². The smallest absolute Gasteiger partial charge is 0.168 e. The molecule has 3 nitrogen and oxygen atoms in total. The standard InChI is InChI=1S/C22H27NO2/c1-3-13-22(14-4-2)24-16-17(25-22)15-23-20-11-7-5-9-18(20)19-10-6-8-12-21(19)23/h5-12,17H,3-4,13-16H2,1-2H3/t17-/m1/s1. The van der Waals surface area contributed by atoms with E-state index in [-0.39, 0.29) is 11.9 Å². The van der Waals surface area contributed by atoms with Crippen molar-refractivity contribution < 1.29 is 9.47 Å². The van der Waals surface area contributed by atoms with Crippen LogP contribution >= 0.6 is 0 Å². The van der Waals surface area contributed by atoms with Crippen LogP contribution in [0, 0.1) is 0 Å². The van der Waals surface area contributed by atoms with Gasteiger partial charge in [-0.2, -0.15) is 0 Å². The Balaban J connectivity index is 1.67. The Morgan fingerprint density at radius 3 is 2.04 bits per heavy atom. The van der Waals surface area contributed by atoms with E-state index in [0.717, 1.165) is 32.2 Å². The average molecular weight is 337 g/mol. The fourth-order valence-corrected chi connectivity index (χ4v) is 4.26. The highest BCUT2D eigenvalue weighted by molar-refractivity contribution is 6.07. The predicted molar refractivity (Wildman–Crippen MR) is 103 cm³/mol. The highest BCUT2D eigenvalue weighted by Gasteiger charge is 2.40. The van der Waals surface area contributed by atoms with Gasteiger partial charge in [0.05, 0.1) is 13.2 Å². The van der Waals surface area contributed by atoms with Gasteiger partial charge in [0.15, 0.2) is 5.79 Å². The number of fused-ring (bicyclic) bond motifs is 3. The molecule has 1 atom stereocenters. The molecule has 132 valence electrons. The number of rotatable bonds is 6. The molecule has 1 aliphatic rings.